The van der Waals surface area contributed by atoms with Gasteiger partial charge in [-0.25, -0.2) is 9.97 Å². The largest absolute Gasteiger partial charge is 0.364 e. The van der Waals surface area contributed by atoms with Crippen LogP contribution in [0.2, 0.25) is 5.02 Å². The number of primary amides is 1. The number of aryl methyl sites for hydroxylation is 1. The number of amides is 1. The van der Waals surface area contributed by atoms with Gasteiger partial charge in [-0.15, -0.1) is 0 Å². The predicted molar refractivity (Wildman–Crippen MR) is 65.7 cm³/mol. The van der Waals surface area contributed by atoms with Crippen molar-refractivity contribution in [2.75, 3.05) is 0 Å². The van der Waals surface area contributed by atoms with Gasteiger partial charge in [0.25, 0.3) is 5.91 Å². The van der Waals surface area contributed by atoms with Crippen molar-refractivity contribution in [2.24, 2.45) is 5.73 Å². The van der Waals surface area contributed by atoms with Crippen LogP contribution in [0.25, 0.3) is 11.4 Å². The topological polar surface area (TPSA) is 68.9 Å². The summed E-state index contributed by atoms with van der Waals surface area (Å²) in [6.07, 6.45) is 0. The summed E-state index contributed by atoms with van der Waals surface area (Å²) in [5.41, 5.74) is 6.74. The lowest BCUT2D eigenvalue weighted by molar-refractivity contribution is 0.0995. The summed E-state index contributed by atoms with van der Waals surface area (Å²) in [4.78, 5) is 19.5. The molecular weight excluding hydrogens is 238 g/mol. The Morgan fingerprint density at radius 1 is 1.29 bits per heavy atom. The molecule has 2 N–H and O–H groups in total. The Hall–Kier alpha value is -1.94. The molecule has 17 heavy (non-hydrogen) atoms. The van der Waals surface area contributed by atoms with Crippen molar-refractivity contribution in [1.82, 2.24) is 9.97 Å². The quantitative estimate of drug-likeness (QED) is 0.885. The lowest BCUT2D eigenvalue weighted by atomic mass is 10.2. The van der Waals surface area contributed by atoms with E-state index in [1.165, 1.54) is 0 Å². The SMILES string of the molecule is Cc1cc(C(N)=O)nc(-c2ccccc2Cl)n1. The molecule has 0 fully saturated rings. The maximum Gasteiger partial charge on any atom is 0.267 e. The molecule has 0 atom stereocenters. The minimum atomic E-state index is -0.580. The zero-order valence-electron chi connectivity index (χ0n) is 9.14. The number of benzene rings is 1. The Morgan fingerprint density at radius 2 is 2.00 bits per heavy atom. The molecule has 2 aromatic rings. The molecule has 1 amide bonds. The molecule has 5 heteroatoms. The van der Waals surface area contributed by atoms with Crippen LogP contribution in [0.5, 0.6) is 0 Å². The van der Waals surface area contributed by atoms with E-state index in [0.29, 0.717) is 22.1 Å². The van der Waals surface area contributed by atoms with Crippen LogP contribution in [0.3, 0.4) is 0 Å². The van der Waals surface area contributed by atoms with Gasteiger partial charge in [0, 0.05) is 11.3 Å². The van der Waals surface area contributed by atoms with Gasteiger partial charge in [0.1, 0.15) is 5.69 Å². The third-order valence-electron chi connectivity index (χ3n) is 2.22. The Kier molecular flexibility index (Phi) is 3.06. The zero-order chi connectivity index (χ0) is 12.4. The van der Waals surface area contributed by atoms with Crippen molar-refractivity contribution in [3.8, 4) is 11.4 Å². The molecule has 86 valence electrons. The number of rotatable bonds is 2. The summed E-state index contributed by atoms with van der Waals surface area (Å²) in [6, 6.07) is 8.73. The van der Waals surface area contributed by atoms with E-state index in [9.17, 15) is 4.79 Å². The predicted octanol–water partition coefficient (Wildman–Crippen LogP) is 2.20. The van der Waals surface area contributed by atoms with Crippen LogP contribution in [0, 0.1) is 6.92 Å². The van der Waals surface area contributed by atoms with Crippen LogP contribution < -0.4 is 5.73 Å². The standard InChI is InChI=1S/C12H10ClN3O/c1-7-6-10(11(14)17)16-12(15-7)8-4-2-3-5-9(8)13/h2-6H,1H3,(H2,14,17). The van der Waals surface area contributed by atoms with Crippen LogP contribution in [-0.4, -0.2) is 15.9 Å². The molecule has 0 radical (unpaired) electrons. The average molecular weight is 248 g/mol. The Morgan fingerprint density at radius 3 is 2.65 bits per heavy atom. The first-order valence-corrected chi connectivity index (χ1v) is 5.36. The molecule has 0 aliphatic carbocycles. The summed E-state index contributed by atoms with van der Waals surface area (Å²) >= 11 is 6.05. The normalized spacial score (nSPS) is 10.2. The summed E-state index contributed by atoms with van der Waals surface area (Å²) in [5.74, 6) is -0.173. The summed E-state index contributed by atoms with van der Waals surface area (Å²) in [6.45, 7) is 1.77. The highest BCUT2D eigenvalue weighted by Crippen LogP contribution is 2.24. The number of carbonyl (C=O) groups excluding carboxylic acids is 1. The van der Waals surface area contributed by atoms with Gasteiger partial charge in [-0.05, 0) is 25.1 Å². The first-order valence-electron chi connectivity index (χ1n) is 4.98. The molecule has 0 aliphatic rings. The van der Waals surface area contributed by atoms with E-state index in [0.717, 1.165) is 0 Å². The van der Waals surface area contributed by atoms with Gasteiger partial charge in [0.2, 0.25) is 0 Å². The minimum Gasteiger partial charge on any atom is -0.364 e. The van der Waals surface area contributed by atoms with E-state index in [-0.39, 0.29) is 5.69 Å². The molecule has 0 unspecified atom stereocenters. The van der Waals surface area contributed by atoms with Crippen LogP contribution in [0.4, 0.5) is 0 Å². The average Bonchev–Trinajstić information content (AvgIpc) is 2.28. The fraction of sp³-hybridized carbons (Fsp3) is 0.0833. The summed E-state index contributed by atoms with van der Waals surface area (Å²) in [7, 11) is 0. The second-order valence-corrected chi connectivity index (χ2v) is 3.97. The van der Waals surface area contributed by atoms with Crippen LogP contribution in [0.15, 0.2) is 30.3 Å². The van der Waals surface area contributed by atoms with E-state index in [2.05, 4.69) is 9.97 Å². The van der Waals surface area contributed by atoms with Crippen molar-refractivity contribution in [2.45, 2.75) is 6.92 Å². The first kappa shape index (κ1) is 11.5. The third kappa shape index (κ3) is 2.42. The van der Waals surface area contributed by atoms with Crippen LogP contribution >= 0.6 is 11.6 Å². The summed E-state index contributed by atoms with van der Waals surface area (Å²) < 4.78 is 0. The second-order valence-electron chi connectivity index (χ2n) is 3.56. The fourth-order valence-corrected chi connectivity index (χ4v) is 1.68. The Labute approximate surface area is 103 Å². The monoisotopic (exact) mass is 247 g/mol. The zero-order valence-corrected chi connectivity index (χ0v) is 9.90. The maximum absolute atomic E-state index is 11.1. The van der Waals surface area contributed by atoms with Gasteiger partial charge >= 0.3 is 0 Å². The van der Waals surface area contributed by atoms with Gasteiger partial charge in [-0.3, -0.25) is 4.79 Å². The smallest absolute Gasteiger partial charge is 0.267 e. The van der Waals surface area contributed by atoms with Crippen molar-refractivity contribution in [1.29, 1.82) is 0 Å². The number of nitrogens with two attached hydrogens (primary N) is 1. The molecular formula is C12H10ClN3O. The molecule has 2 rings (SSSR count). The molecule has 1 heterocycles. The number of hydrogen-bond donors (Lipinski definition) is 1. The number of aromatic nitrogens is 2. The molecule has 4 nitrogen and oxygen atoms in total. The summed E-state index contributed by atoms with van der Waals surface area (Å²) in [5, 5.41) is 0.536. The van der Waals surface area contributed by atoms with Gasteiger partial charge in [-0.1, -0.05) is 23.7 Å². The highest BCUT2D eigenvalue weighted by Gasteiger charge is 2.10. The van der Waals surface area contributed by atoms with Gasteiger partial charge in [0.05, 0.1) is 5.02 Å². The molecule has 0 bridgehead atoms. The van der Waals surface area contributed by atoms with Gasteiger partial charge in [-0.2, -0.15) is 0 Å². The molecule has 0 aliphatic heterocycles. The number of hydrogen-bond acceptors (Lipinski definition) is 3. The minimum absolute atomic E-state index is 0.187. The first-order chi connectivity index (χ1) is 8.08. The van der Waals surface area contributed by atoms with Crippen LogP contribution in [0.1, 0.15) is 16.2 Å². The van der Waals surface area contributed by atoms with Crippen molar-refractivity contribution in [3.05, 3.63) is 46.7 Å². The van der Waals surface area contributed by atoms with Gasteiger partial charge in [0.15, 0.2) is 5.82 Å². The highest BCUT2D eigenvalue weighted by molar-refractivity contribution is 6.33. The number of nitrogens with zero attached hydrogens (tertiary/aromatic N) is 2. The van der Waals surface area contributed by atoms with E-state index >= 15 is 0 Å². The van der Waals surface area contributed by atoms with Crippen molar-refractivity contribution in [3.63, 3.8) is 0 Å². The fourth-order valence-electron chi connectivity index (χ4n) is 1.46. The van der Waals surface area contributed by atoms with Crippen LogP contribution in [-0.2, 0) is 0 Å². The van der Waals surface area contributed by atoms with Gasteiger partial charge < -0.3 is 5.73 Å². The lowest BCUT2D eigenvalue weighted by Gasteiger charge is -2.05. The molecule has 0 saturated carbocycles. The number of carbonyl (C=O) groups is 1. The molecule has 0 spiro atoms. The molecule has 1 aromatic heterocycles. The Balaban J connectivity index is 2.60. The maximum atomic E-state index is 11.1. The number of halogens is 1. The molecule has 1 aromatic carbocycles. The van der Waals surface area contributed by atoms with Crippen molar-refractivity contribution < 1.29 is 4.79 Å². The van der Waals surface area contributed by atoms with Crippen molar-refractivity contribution >= 4 is 17.5 Å². The highest BCUT2D eigenvalue weighted by atomic mass is 35.5. The molecule has 0 saturated heterocycles. The third-order valence-corrected chi connectivity index (χ3v) is 2.55. The van der Waals surface area contributed by atoms with E-state index < -0.39 is 5.91 Å². The second kappa shape index (κ2) is 4.51. The van der Waals surface area contributed by atoms with E-state index in [4.69, 9.17) is 17.3 Å². The lowest BCUT2D eigenvalue weighted by Crippen LogP contribution is -2.14. The Bertz CT molecular complexity index is 584. The van der Waals surface area contributed by atoms with E-state index in [1.807, 2.05) is 12.1 Å². The van der Waals surface area contributed by atoms with E-state index in [1.54, 1.807) is 25.1 Å².